The molecular weight excluding hydrogens is 325 g/mol. The Morgan fingerprint density at radius 3 is 2.56 bits per heavy atom. The predicted octanol–water partition coefficient (Wildman–Crippen LogP) is 1.82. The van der Waals surface area contributed by atoms with Crippen LogP contribution in [0, 0.1) is 17.1 Å². The van der Waals surface area contributed by atoms with Crippen LogP contribution in [0.15, 0.2) is 29.1 Å². The van der Waals surface area contributed by atoms with E-state index in [-0.39, 0.29) is 24.5 Å². The van der Waals surface area contributed by atoms with Crippen molar-refractivity contribution in [1.82, 2.24) is 9.78 Å². The molecule has 0 aliphatic rings. The monoisotopic (exact) mass is 345 g/mol. The van der Waals surface area contributed by atoms with Crippen LogP contribution in [0.2, 0.25) is 0 Å². The SMILES string of the molecule is CCc1nn(CC(O)COc2ccc(F)cc2)c(=O)c(C#N)c1CC. The lowest BCUT2D eigenvalue weighted by Crippen LogP contribution is -2.34. The van der Waals surface area contributed by atoms with Crippen LogP contribution in [-0.4, -0.2) is 27.6 Å². The smallest absolute Gasteiger partial charge is 0.285 e. The maximum Gasteiger partial charge on any atom is 0.285 e. The van der Waals surface area contributed by atoms with E-state index >= 15 is 0 Å². The third kappa shape index (κ3) is 4.43. The fourth-order valence-electron chi connectivity index (χ4n) is 2.53. The van der Waals surface area contributed by atoms with Crippen LogP contribution in [0.5, 0.6) is 5.75 Å². The van der Waals surface area contributed by atoms with E-state index in [2.05, 4.69) is 5.10 Å². The maximum atomic E-state index is 12.8. The van der Waals surface area contributed by atoms with Gasteiger partial charge in [-0.15, -0.1) is 0 Å². The zero-order valence-electron chi connectivity index (χ0n) is 14.2. The Balaban J connectivity index is 2.15. The Kier molecular flexibility index (Phi) is 6.25. The van der Waals surface area contributed by atoms with E-state index in [0.717, 1.165) is 4.68 Å². The molecule has 25 heavy (non-hydrogen) atoms. The van der Waals surface area contributed by atoms with Gasteiger partial charge >= 0.3 is 0 Å². The first kappa shape index (κ1) is 18.6. The van der Waals surface area contributed by atoms with Gasteiger partial charge in [0.1, 0.15) is 35.9 Å². The highest BCUT2D eigenvalue weighted by Crippen LogP contribution is 2.12. The molecule has 1 N–H and O–H groups in total. The van der Waals surface area contributed by atoms with Gasteiger partial charge in [-0.2, -0.15) is 10.4 Å². The molecule has 0 fully saturated rings. The second-order valence-corrected chi connectivity index (χ2v) is 5.53. The molecule has 0 radical (unpaired) electrons. The summed E-state index contributed by atoms with van der Waals surface area (Å²) in [5.41, 5.74) is 0.881. The van der Waals surface area contributed by atoms with Crippen molar-refractivity contribution in [2.24, 2.45) is 0 Å². The molecule has 0 amide bonds. The number of aryl methyl sites for hydroxylation is 1. The third-order valence-corrected chi connectivity index (χ3v) is 3.78. The van der Waals surface area contributed by atoms with Gasteiger partial charge < -0.3 is 9.84 Å². The number of rotatable bonds is 7. The highest BCUT2D eigenvalue weighted by Gasteiger charge is 2.17. The van der Waals surface area contributed by atoms with Gasteiger partial charge in [0.15, 0.2) is 0 Å². The standard InChI is InChI=1S/C18H20FN3O3/c1-3-15-16(9-20)18(24)22(21-17(15)4-2)10-13(23)11-25-14-7-5-12(19)6-8-14/h5-8,13,23H,3-4,10-11H2,1-2H3. The summed E-state index contributed by atoms with van der Waals surface area (Å²) in [7, 11) is 0. The van der Waals surface area contributed by atoms with E-state index in [0.29, 0.717) is 29.8 Å². The van der Waals surface area contributed by atoms with Crippen LogP contribution in [0.4, 0.5) is 4.39 Å². The van der Waals surface area contributed by atoms with E-state index in [1.165, 1.54) is 24.3 Å². The highest BCUT2D eigenvalue weighted by molar-refractivity contribution is 5.38. The minimum absolute atomic E-state index is 0.0704. The Morgan fingerprint density at radius 2 is 2.00 bits per heavy atom. The third-order valence-electron chi connectivity index (χ3n) is 3.78. The van der Waals surface area contributed by atoms with Crippen molar-refractivity contribution in [1.29, 1.82) is 5.26 Å². The van der Waals surface area contributed by atoms with Crippen molar-refractivity contribution in [3.63, 3.8) is 0 Å². The van der Waals surface area contributed by atoms with Crippen LogP contribution in [-0.2, 0) is 19.4 Å². The summed E-state index contributed by atoms with van der Waals surface area (Å²) in [5, 5.41) is 23.7. The lowest BCUT2D eigenvalue weighted by atomic mass is 10.0. The molecule has 0 saturated heterocycles. The normalized spacial score (nSPS) is 11.8. The van der Waals surface area contributed by atoms with E-state index in [4.69, 9.17) is 4.74 Å². The average Bonchev–Trinajstić information content (AvgIpc) is 2.62. The highest BCUT2D eigenvalue weighted by atomic mass is 19.1. The van der Waals surface area contributed by atoms with Crippen molar-refractivity contribution >= 4 is 0 Å². The molecule has 1 aromatic heterocycles. The Labute approximate surface area is 145 Å². The zero-order chi connectivity index (χ0) is 18.4. The molecule has 1 heterocycles. The fourth-order valence-corrected chi connectivity index (χ4v) is 2.53. The molecule has 0 saturated carbocycles. The summed E-state index contributed by atoms with van der Waals surface area (Å²) < 4.78 is 19.3. The summed E-state index contributed by atoms with van der Waals surface area (Å²) in [5.74, 6) is 0.0323. The van der Waals surface area contributed by atoms with Crippen molar-refractivity contribution in [2.45, 2.75) is 39.3 Å². The van der Waals surface area contributed by atoms with Crippen LogP contribution in [0.25, 0.3) is 0 Å². The van der Waals surface area contributed by atoms with Gasteiger partial charge in [-0.05, 0) is 42.7 Å². The van der Waals surface area contributed by atoms with Crippen molar-refractivity contribution in [3.8, 4) is 11.8 Å². The predicted molar refractivity (Wildman–Crippen MR) is 89.9 cm³/mol. The largest absolute Gasteiger partial charge is 0.491 e. The molecule has 1 atom stereocenters. The van der Waals surface area contributed by atoms with Crippen LogP contribution < -0.4 is 10.3 Å². The number of halogens is 1. The first-order chi connectivity index (χ1) is 12.0. The summed E-state index contributed by atoms with van der Waals surface area (Å²) in [4.78, 5) is 12.4. The second-order valence-electron chi connectivity index (χ2n) is 5.53. The van der Waals surface area contributed by atoms with Gasteiger partial charge in [-0.3, -0.25) is 4.79 Å². The lowest BCUT2D eigenvalue weighted by Gasteiger charge is -2.16. The van der Waals surface area contributed by atoms with Gasteiger partial charge in [0.2, 0.25) is 0 Å². The van der Waals surface area contributed by atoms with E-state index in [9.17, 15) is 19.6 Å². The van der Waals surface area contributed by atoms with Crippen LogP contribution in [0.1, 0.15) is 30.7 Å². The summed E-state index contributed by atoms with van der Waals surface area (Å²) in [6, 6.07) is 7.35. The van der Waals surface area contributed by atoms with Crippen LogP contribution >= 0.6 is 0 Å². The molecule has 1 aromatic carbocycles. The zero-order valence-corrected chi connectivity index (χ0v) is 14.2. The number of hydrogen-bond acceptors (Lipinski definition) is 5. The summed E-state index contributed by atoms with van der Waals surface area (Å²) in [6.07, 6.45) is 0.130. The Hall–Kier alpha value is -2.72. The molecule has 7 heteroatoms. The van der Waals surface area contributed by atoms with Gasteiger partial charge in [-0.25, -0.2) is 9.07 Å². The van der Waals surface area contributed by atoms with E-state index in [1.54, 1.807) is 0 Å². The van der Waals surface area contributed by atoms with E-state index in [1.807, 2.05) is 19.9 Å². The number of ether oxygens (including phenoxy) is 1. The fraction of sp³-hybridized carbons (Fsp3) is 0.389. The molecule has 0 bridgehead atoms. The molecule has 132 valence electrons. The number of nitrogens with zero attached hydrogens (tertiary/aromatic N) is 3. The average molecular weight is 345 g/mol. The first-order valence-electron chi connectivity index (χ1n) is 8.09. The lowest BCUT2D eigenvalue weighted by molar-refractivity contribution is 0.0876. The number of benzene rings is 1. The topological polar surface area (TPSA) is 88.1 Å². The number of aliphatic hydroxyl groups excluding tert-OH is 1. The van der Waals surface area contributed by atoms with Gasteiger partial charge in [-0.1, -0.05) is 13.8 Å². The molecule has 2 rings (SSSR count). The van der Waals surface area contributed by atoms with Crippen molar-refractivity contribution in [3.05, 3.63) is 57.3 Å². The number of aliphatic hydroxyl groups is 1. The maximum absolute atomic E-state index is 12.8. The van der Waals surface area contributed by atoms with Crippen molar-refractivity contribution < 1.29 is 14.2 Å². The number of hydrogen-bond donors (Lipinski definition) is 1. The summed E-state index contributed by atoms with van der Waals surface area (Å²) in [6.45, 7) is 3.59. The quantitative estimate of drug-likeness (QED) is 0.827. The second kappa shape index (κ2) is 8.40. The summed E-state index contributed by atoms with van der Waals surface area (Å²) >= 11 is 0. The van der Waals surface area contributed by atoms with Crippen molar-refractivity contribution in [2.75, 3.05) is 6.61 Å². The van der Waals surface area contributed by atoms with Gasteiger partial charge in [0, 0.05) is 0 Å². The molecule has 0 aliphatic heterocycles. The molecule has 6 nitrogen and oxygen atoms in total. The number of nitriles is 1. The van der Waals surface area contributed by atoms with E-state index < -0.39 is 11.7 Å². The molecule has 0 spiro atoms. The number of aromatic nitrogens is 2. The Morgan fingerprint density at radius 1 is 1.32 bits per heavy atom. The minimum atomic E-state index is -1.00. The van der Waals surface area contributed by atoms with Gasteiger partial charge in [0.05, 0.1) is 12.2 Å². The molecular formula is C18H20FN3O3. The molecule has 0 aliphatic carbocycles. The Bertz CT molecular complexity index is 825. The molecule has 2 aromatic rings. The molecule has 1 unspecified atom stereocenters. The minimum Gasteiger partial charge on any atom is -0.491 e. The van der Waals surface area contributed by atoms with Gasteiger partial charge in [0.25, 0.3) is 5.56 Å². The van der Waals surface area contributed by atoms with Crippen LogP contribution in [0.3, 0.4) is 0 Å². The first-order valence-corrected chi connectivity index (χ1v) is 8.09.